The van der Waals surface area contributed by atoms with Crippen molar-refractivity contribution in [1.82, 2.24) is 19.9 Å². The molecule has 4 aromatic rings. The molecule has 1 aliphatic heterocycles. The van der Waals surface area contributed by atoms with E-state index >= 15 is 0 Å². The minimum Gasteiger partial charge on any atom is -0.294 e. The Morgan fingerprint density at radius 3 is 2.26 bits per heavy atom. The molecule has 172 valence electrons. The largest absolute Gasteiger partial charge is 0.416 e. The lowest BCUT2D eigenvalue weighted by atomic mass is 10.1. The highest BCUT2D eigenvalue weighted by atomic mass is 35.5. The van der Waals surface area contributed by atoms with E-state index in [2.05, 4.69) is 25.9 Å². The molecular formula is C26H20ClF3N4. The van der Waals surface area contributed by atoms with Gasteiger partial charge in [-0.15, -0.1) is 0 Å². The molecule has 0 aliphatic carbocycles. The number of nitrogens with zero attached hydrogens (tertiary/aromatic N) is 4. The molecular weight excluding hydrogens is 461 g/mol. The number of rotatable bonds is 4. The van der Waals surface area contributed by atoms with E-state index in [0.717, 1.165) is 59.7 Å². The van der Waals surface area contributed by atoms with Crippen LogP contribution >= 0.6 is 11.6 Å². The fourth-order valence-corrected chi connectivity index (χ4v) is 4.15. The van der Waals surface area contributed by atoms with Gasteiger partial charge in [0.25, 0.3) is 0 Å². The Kier molecular flexibility index (Phi) is 6.06. The van der Waals surface area contributed by atoms with Crippen LogP contribution in [0.15, 0.2) is 73.1 Å². The number of pyridine rings is 1. The first kappa shape index (κ1) is 22.5. The second kappa shape index (κ2) is 9.16. The van der Waals surface area contributed by atoms with Gasteiger partial charge >= 0.3 is 6.18 Å². The van der Waals surface area contributed by atoms with Crippen molar-refractivity contribution in [1.29, 1.82) is 0 Å². The standard InChI is InChI=1S/C26H20ClF3N4/c27-22-8-4-18(5-9-22)23-10-1-17(13-31-23)15-34-12-11-24-20(16-34)14-32-25(33-24)19-2-6-21(7-3-19)26(28,29)30/h1-10,13-14H,11-12,15-16H2. The van der Waals surface area contributed by atoms with Crippen molar-refractivity contribution in [2.45, 2.75) is 25.7 Å². The van der Waals surface area contributed by atoms with Gasteiger partial charge in [0.1, 0.15) is 0 Å². The summed E-state index contributed by atoms with van der Waals surface area (Å²) in [6.45, 7) is 2.30. The molecule has 0 unspecified atom stereocenters. The van der Waals surface area contributed by atoms with E-state index in [1.165, 1.54) is 12.1 Å². The van der Waals surface area contributed by atoms with Crippen LogP contribution in [0.1, 0.15) is 22.4 Å². The second-order valence-corrected chi connectivity index (χ2v) is 8.70. The van der Waals surface area contributed by atoms with Crippen molar-refractivity contribution < 1.29 is 13.2 Å². The van der Waals surface area contributed by atoms with Crippen LogP contribution < -0.4 is 0 Å². The van der Waals surface area contributed by atoms with Crippen molar-refractivity contribution in [3.05, 3.63) is 100 Å². The summed E-state index contributed by atoms with van der Waals surface area (Å²) in [5.74, 6) is 0.447. The van der Waals surface area contributed by atoms with E-state index in [1.54, 1.807) is 6.20 Å². The number of hydrogen-bond donors (Lipinski definition) is 0. The fourth-order valence-electron chi connectivity index (χ4n) is 4.02. The van der Waals surface area contributed by atoms with Crippen LogP contribution in [0, 0.1) is 0 Å². The zero-order valence-electron chi connectivity index (χ0n) is 18.1. The maximum atomic E-state index is 12.8. The molecule has 0 radical (unpaired) electrons. The van der Waals surface area contributed by atoms with E-state index in [9.17, 15) is 13.2 Å². The Morgan fingerprint density at radius 2 is 1.59 bits per heavy atom. The molecule has 34 heavy (non-hydrogen) atoms. The van der Waals surface area contributed by atoms with E-state index in [4.69, 9.17) is 11.6 Å². The highest BCUT2D eigenvalue weighted by Gasteiger charge is 2.30. The van der Waals surface area contributed by atoms with Crippen molar-refractivity contribution >= 4 is 11.6 Å². The molecule has 0 atom stereocenters. The summed E-state index contributed by atoms with van der Waals surface area (Å²) in [7, 11) is 0. The van der Waals surface area contributed by atoms with Crippen LogP contribution in [0.2, 0.25) is 5.02 Å². The Morgan fingerprint density at radius 1 is 0.853 bits per heavy atom. The van der Waals surface area contributed by atoms with Crippen LogP contribution in [-0.2, 0) is 25.7 Å². The van der Waals surface area contributed by atoms with Crippen LogP contribution in [0.3, 0.4) is 0 Å². The average molecular weight is 481 g/mol. The topological polar surface area (TPSA) is 41.9 Å². The molecule has 0 saturated heterocycles. The van der Waals surface area contributed by atoms with Gasteiger partial charge in [-0.2, -0.15) is 13.2 Å². The second-order valence-electron chi connectivity index (χ2n) is 8.26. The van der Waals surface area contributed by atoms with Crippen LogP contribution in [0.4, 0.5) is 13.2 Å². The summed E-state index contributed by atoms with van der Waals surface area (Å²) in [5.41, 5.74) is 4.90. The number of fused-ring (bicyclic) bond motifs is 1. The quantitative estimate of drug-likeness (QED) is 0.337. The number of hydrogen-bond acceptors (Lipinski definition) is 4. The Labute approximate surface area is 200 Å². The molecule has 0 spiro atoms. The fraction of sp³-hybridized carbons (Fsp3) is 0.192. The predicted molar refractivity (Wildman–Crippen MR) is 125 cm³/mol. The first-order valence-corrected chi connectivity index (χ1v) is 11.2. The summed E-state index contributed by atoms with van der Waals surface area (Å²) in [6, 6.07) is 16.6. The zero-order chi connectivity index (χ0) is 23.7. The molecule has 5 rings (SSSR count). The van der Waals surface area contributed by atoms with Gasteiger partial charge in [-0.1, -0.05) is 41.9 Å². The van der Waals surface area contributed by atoms with Gasteiger partial charge < -0.3 is 0 Å². The van der Waals surface area contributed by atoms with Gasteiger partial charge in [-0.05, 0) is 35.9 Å². The molecule has 4 nitrogen and oxygen atoms in total. The molecule has 2 aromatic carbocycles. The Balaban J connectivity index is 1.25. The Hall–Kier alpha value is -3.29. The third-order valence-electron chi connectivity index (χ3n) is 5.85. The van der Waals surface area contributed by atoms with Gasteiger partial charge in [-0.25, -0.2) is 9.97 Å². The van der Waals surface area contributed by atoms with Gasteiger partial charge in [0.15, 0.2) is 5.82 Å². The van der Waals surface area contributed by atoms with Crippen LogP contribution in [0.5, 0.6) is 0 Å². The first-order chi connectivity index (χ1) is 16.3. The highest BCUT2D eigenvalue weighted by Crippen LogP contribution is 2.31. The summed E-state index contributed by atoms with van der Waals surface area (Å²) in [5, 5.41) is 0.696. The van der Waals surface area contributed by atoms with Crippen molar-refractivity contribution in [2.24, 2.45) is 0 Å². The van der Waals surface area contributed by atoms with Crippen LogP contribution in [-0.4, -0.2) is 26.4 Å². The number of alkyl halides is 3. The molecule has 0 saturated carbocycles. The van der Waals surface area contributed by atoms with Gasteiger partial charge in [0.2, 0.25) is 0 Å². The lowest BCUT2D eigenvalue weighted by Gasteiger charge is -2.28. The normalized spacial score (nSPS) is 14.1. The van der Waals surface area contributed by atoms with E-state index in [0.29, 0.717) is 23.0 Å². The molecule has 8 heteroatoms. The van der Waals surface area contributed by atoms with Crippen molar-refractivity contribution in [3.8, 4) is 22.6 Å². The summed E-state index contributed by atoms with van der Waals surface area (Å²) < 4.78 is 38.4. The lowest BCUT2D eigenvalue weighted by molar-refractivity contribution is -0.137. The van der Waals surface area contributed by atoms with E-state index in [1.807, 2.05) is 36.5 Å². The smallest absolute Gasteiger partial charge is 0.294 e. The maximum Gasteiger partial charge on any atom is 0.416 e. The van der Waals surface area contributed by atoms with Crippen molar-refractivity contribution in [2.75, 3.05) is 6.54 Å². The van der Waals surface area contributed by atoms with Gasteiger partial charge in [0.05, 0.1) is 17.0 Å². The first-order valence-electron chi connectivity index (χ1n) is 10.8. The molecule has 0 N–H and O–H groups in total. The number of halogens is 4. The third-order valence-corrected chi connectivity index (χ3v) is 6.11. The summed E-state index contributed by atoms with van der Waals surface area (Å²) >= 11 is 5.96. The maximum absolute atomic E-state index is 12.8. The van der Waals surface area contributed by atoms with E-state index in [-0.39, 0.29) is 0 Å². The summed E-state index contributed by atoms with van der Waals surface area (Å²) in [6.07, 6.45) is 0.0687. The monoisotopic (exact) mass is 480 g/mol. The van der Waals surface area contributed by atoms with Crippen LogP contribution in [0.25, 0.3) is 22.6 Å². The zero-order valence-corrected chi connectivity index (χ0v) is 18.8. The number of aromatic nitrogens is 3. The molecule has 0 fully saturated rings. The summed E-state index contributed by atoms with van der Waals surface area (Å²) in [4.78, 5) is 15.9. The molecule has 1 aliphatic rings. The SMILES string of the molecule is FC(F)(F)c1ccc(-c2ncc3c(n2)CCN(Cc2ccc(-c4ccc(Cl)cc4)nc2)C3)cc1. The lowest BCUT2D eigenvalue weighted by Crippen LogP contribution is -2.31. The molecule has 0 amide bonds. The predicted octanol–water partition coefficient (Wildman–Crippen LogP) is 6.44. The average Bonchev–Trinajstić information content (AvgIpc) is 2.84. The third kappa shape index (κ3) is 4.95. The van der Waals surface area contributed by atoms with Gasteiger partial charge in [-0.3, -0.25) is 9.88 Å². The Bertz CT molecular complexity index is 1290. The molecule has 3 heterocycles. The van der Waals surface area contributed by atoms with Crippen molar-refractivity contribution in [3.63, 3.8) is 0 Å². The number of benzene rings is 2. The molecule has 2 aromatic heterocycles. The molecule has 0 bridgehead atoms. The minimum absolute atomic E-state index is 0.447. The highest BCUT2D eigenvalue weighted by molar-refractivity contribution is 6.30. The minimum atomic E-state index is -4.36. The van der Waals surface area contributed by atoms with E-state index < -0.39 is 11.7 Å². The van der Waals surface area contributed by atoms with Gasteiger partial charge in [0, 0.05) is 60.2 Å².